The Kier molecular flexibility index (Phi) is 9.40. The summed E-state index contributed by atoms with van der Waals surface area (Å²) in [6.07, 6.45) is 0. The van der Waals surface area contributed by atoms with Crippen LogP contribution in [0.2, 0.25) is 0 Å². The number of hydrogen-bond acceptors (Lipinski definition) is 5. The van der Waals surface area contributed by atoms with E-state index >= 15 is 0 Å². The summed E-state index contributed by atoms with van der Waals surface area (Å²) < 4.78 is 34.4. The maximum atomic E-state index is 14.0. The van der Waals surface area contributed by atoms with Gasteiger partial charge in [-0.25, -0.2) is 8.42 Å². The molecule has 0 fully saturated rings. The van der Waals surface area contributed by atoms with E-state index in [-0.39, 0.29) is 23.0 Å². The van der Waals surface area contributed by atoms with Crippen LogP contribution in [0.15, 0.2) is 83.8 Å². The van der Waals surface area contributed by atoms with Crippen molar-refractivity contribution < 1.29 is 22.7 Å². The maximum Gasteiger partial charge on any atom is 0.264 e. The van der Waals surface area contributed by atoms with Crippen LogP contribution in [0, 0.1) is 6.92 Å². The average Bonchev–Trinajstić information content (AvgIpc) is 2.89. The third-order valence-corrected chi connectivity index (χ3v) is 7.88. The number of nitrogens with one attached hydrogen (secondary N) is 1. The minimum atomic E-state index is -4.17. The van der Waals surface area contributed by atoms with Gasteiger partial charge in [-0.15, -0.1) is 0 Å². The molecule has 3 rings (SSSR count). The van der Waals surface area contributed by atoms with Crippen LogP contribution >= 0.6 is 0 Å². The van der Waals surface area contributed by atoms with Crippen LogP contribution in [-0.2, 0) is 26.2 Å². The molecule has 3 aromatic carbocycles. The third kappa shape index (κ3) is 7.60. The van der Waals surface area contributed by atoms with Crippen molar-refractivity contribution in [2.45, 2.75) is 57.6 Å². The Hall–Kier alpha value is -3.85. The smallest absolute Gasteiger partial charge is 0.264 e. The van der Waals surface area contributed by atoms with E-state index in [1.165, 1.54) is 24.1 Å². The molecule has 208 valence electrons. The second kappa shape index (κ2) is 12.3. The van der Waals surface area contributed by atoms with Crippen LogP contribution in [0.1, 0.15) is 38.8 Å². The van der Waals surface area contributed by atoms with Crippen LogP contribution in [0.5, 0.6) is 5.75 Å². The zero-order chi connectivity index (χ0) is 28.8. The highest BCUT2D eigenvalue weighted by atomic mass is 32.2. The van der Waals surface area contributed by atoms with Gasteiger partial charge in [-0.1, -0.05) is 60.2 Å². The van der Waals surface area contributed by atoms with Crippen molar-refractivity contribution in [2.75, 3.05) is 18.0 Å². The Balaban J connectivity index is 2.06. The number of aryl methyl sites for hydroxylation is 1. The molecule has 9 heteroatoms. The first-order chi connectivity index (χ1) is 18.3. The first-order valence-corrected chi connectivity index (χ1v) is 14.2. The van der Waals surface area contributed by atoms with E-state index in [4.69, 9.17) is 4.74 Å². The van der Waals surface area contributed by atoms with Crippen LogP contribution in [-0.4, -0.2) is 50.4 Å². The molecule has 0 aliphatic heterocycles. The van der Waals surface area contributed by atoms with Gasteiger partial charge < -0.3 is 15.0 Å². The summed E-state index contributed by atoms with van der Waals surface area (Å²) in [6, 6.07) is 21.5. The second-order valence-electron chi connectivity index (χ2n) is 10.4. The summed E-state index contributed by atoms with van der Waals surface area (Å²) in [5, 5.41) is 2.92. The van der Waals surface area contributed by atoms with E-state index < -0.39 is 34.1 Å². The van der Waals surface area contributed by atoms with Gasteiger partial charge in [0.2, 0.25) is 11.8 Å². The van der Waals surface area contributed by atoms with Gasteiger partial charge in [0.05, 0.1) is 17.7 Å². The van der Waals surface area contributed by atoms with Crippen molar-refractivity contribution in [3.63, 3.8) is 0 Å². The molecular weight excluding hydrogens is 514 g/mol. The SMILES string of the molecule is COc1ccccc1N(CC(=O)N(Cc1ccccc1)C(C)C(=O)NC(C)(C)C)S(=O)(=O)c1ccc(C)cc1. The number of ether oxygens (including phenoxy) is 1. The normalized spacial score (nSPS) is 12.4. The fraction of sp³-hybridized carbons (Fsp3) is 0.333. The van der Waals surface area contributed by atoms with Gasteiger partial charge in [-0.05, 0) is 64.4 Å². The number of sulfonamides is 1. The number of amides is 2. The lowest BCUT2D eigenvalue weighted by Crippen LogP contribution is -2.54. The van der Waals surface area contributed by atoms with Crippen molar-refractivity contribution >= 4 is 27.5 Å². The highest BCUT2D eigenvalue weighted by Gasteiger charge is 2.34. The Labute approximate surface area is 231 Å². The zero-order valence-electron chi connectivity index (χ0n) is 23.3. The van der Waals surface area contributed by atoms with E-state index in [1.54, 1.807) is 43.3 Å². The zero-order valence-corrected chi connectivity index (χ0v) is 24.2. The number of anilines is 1. The number of carbonyl (C=O) groups is 2. The van der Waals surface area contributed by atoms with Gasteiger partial charge in [0.15, 0.2) is 0 Å². The monoisotopic (exact) mass is 551 g/mol. The second-order valence-corrected chi connectivity index (χ2v) is 12.3. The standard InChI is InChI=1S/C30H37N3O5S/c1-22-16-18-25(19-17-22)39(36,37)33(26-14-10-11-15-27(26)38-6)21-28(34)32(20-24-12-8-7-9-13-24)23(2)29(35)31-30(3,4)5/h7-19,23H,20-21H2,1-6H3,(H,31,35). The van der Waals surface area contributed by atoms with Crippen molar-refractivity contribution in [3.05, 3.63) is 90.0 Å². The molecule has 1 unspecified atom stereocenters. The number of para-hydroxylation sites is 2. The molecule has 0 bridgehead atoms. The Bertz CT molecular complexity index is 1380. The van der Waals surface area contributed by atoms with Crippen molar-refractivity contribution in [1.82, 2.24) is 10.2 Å². The fourth-order valence-electron chi connectivity index (χ4n) is 4.02. The van der Waals surface area contributed by atoms with Gasteiger partial charge in [0.1, 0.15) is 18.3 Å². The predicted molar refractivity (Wildman–Crippen MR) is 153 cm³/mol. The van der Waals surface area contributed by atoms with E-state index in [9.17, 15) is 18.0 Å². The molecule has 0 aromatic heterocycles. The van der Waals surface area contributed by atoms with Gasteiger partial charge >= 0.3 is 0 Å². The molecule has 0 heterocycles. The predicted octanol–water partition coefficient (Wildman–Crippen LogP) is 4.53. The molecule has 0 radical (unpaired) electrons. The van der Waals surface area contributed by atoms with Crippen LogP contribution in [0.25, 0.3) is 0 Å². The van der Waals surface area contributed by atoms with Crippen LogP contribution in [0.4, 0.5) is 5.69 Å². The van der Waals surface area contributed by atoms with Crippen molar-refractivity contribution in [2.24, 2.45) is 0 Å². The molecule has 1 atom stereocenters. The molecule has 0 saturated heterocycles. The quantitative estimate of drug-likeness (QED) is 0.399. The van der Waals surface area contributed by atoms with Gasteiger partial charge in [-0.2, -0.15) is 0 Å². The number of benzene rings is 3. The van der Waals surface area contributed by atoms with E-state index in [0.717, 1.165) is 15.4 Å². The summed E-state index contributed by atoms with van der Waals surface area (Å²) in [6.45, 7) is 8.68. The van der Waals surface area contributed by atoms with Gasteiger partial charge in [0, 0.05) is 12.1 Å². The topological polar surface area (TPSA) is 96.0 Å². The van der Waals surface area contributed by atoms with Crippen molar-refractivity contribution in [3.8, 4) is 5.75 Å². The lowest BCUT2D eigenvalue weighted by atomic mass is 10.1. The molecule has 0 spiro atoms. The first-order valence-electron chi connectivity index (χ1n) is 12.7. The highest BCUT2D eigenvalue weighted by Crippen LogP contribution is 2.32. The molecule has 8 nitrogen and oxygen atoms in total. The largest absolute Gasteiger partial charge is 0.495 e. The molecule has 3 aromatic rings. The number of methoxy groups -OCH3 is 1. The van der Waals surface area contributed by atoms with Gasteiger partial charge in [0.25, 0.3) is 10.0 Å². The fourth-order valence-corrected chi connectivity index (χ4v) is 5.45. The highest BCUT2D eigenvalue weighted by molar-refractivity contribution is 7.92. The lowest BCUT2D eigenvalue weighted by Gasteiger charge is -2.33. The van der Waals surface area contributed by atoms with Crippen LogP contribution < -0.4 is 14.4 Å². The van der Waals surface area contributed by atoms with Crippen LogP contribution in [0.3, 0.4) is 0 Å². The summed E-state index contributed by atoms with van der Waals surface area (Å²) >= 11 is 0. The summed E-state index contributed by atoms with van der Waals surface area (Å²) in [7, 11) is -2.73. The first kappa shape index (κ1) is 29.7. The minimum absolute atomic E-state index is 0.0416. The summed E-state index contributed by atoms with van der Waals surface area (Å²) in [5.74, 6) is -0.567. The molecule has 1 N–H and O–H groups in total. The van der Waals surface area contributed by atoms with E-state index in [1.807, 2.05) is 58.0 Å². The molecular formula is C30H37N3O5S. The Morgan fingerprint density at radius 3 is 2.10 bits per heavy atom. The number of carbonyl (C=O) groups excluding carboxylic acids is 2. The summed E-state index contributed by atoms with van der Waals surface area (Å²) in [4.78, 5) is 28.6. The molecule has 2 amide bonds. The van der Waals surface area contributed by atoms with Crippen molar-refractivity contribution in [1.29, 1.82) is 0 Å². The molecule has 0 aliphatic carbocycles. The lowest BCUT2D eigenvalue weighted by molar-refractivity contribution is -0.140. The number of rotatable bonds is 10. The third-order valence-electron chi connectivity index (χ3n) is 6.10. The number of hydrogen-bond donors (Lipinski definition) is 1. The number of nitrogens with zero attached hydrogens (tertiary/aromatic N) is 2. The molecule has 0 saturated carbocycles. The summed E-state index contributed by atoms with van der Waals surface area (Å²) in [5.41, 5.74) is 1.43. The molecule has 39 heavy (non-hydrogen) atoms. The van der Waals surface area contributed by atoms with E-state index in [2.05, 4.69) is 5.32 Å². The molecule has 0 aliphatic rings. The maximum absolute atomic E-state index is 14.0. The van der Waals surface area contributed by atoms with E-state index in [0.29, 0.717) is 5.75 Å². The van der Waals surface area contributed by atoms with Gasteiger partial charge in [-0.3, -0.25) is 13.9 Å². The Morgan fingerprint density at radius 2 is 1.51 bits per heavy atom. The Morgan fingerprint density at radius 1 is 0.923 bits per heavy atom. The average molecular weight is 552 g/mol. The minimum Gasteiger partial charge on any atom is -0.495 e.